The number of para-hydroxylation sites is 1. The van der Waals surface area contributed by atoms with Crippen LogP contribution in [0.15, 0.2) is 90.6 Å². The molecule has 1 atom stereocenters. The molecule has 1 aliphatic rings. The third-order valence-corrected chi connectivity index (χ3v) is 3.80. The highest BCUT2D eigenvalue weighted by atomic mass is 16.5. The molecule has 23 heavy (non-hydrogen) atoms. The number of rotatable bonds is 6. The molecular weight excluding hydrogens is 284 g/mol. The Labute approximate surface area is 137 Å². The van der Waals surface area contributed by atoms with Crippen molar-refractivity contribution in [1.82, 2.24) is 0 Å². The highest BCUT2D eigenvalue weighted by molar-refractivity contribution is 5.43. The Kier molecular flexibility index (Phi) is 4.95. The lowest BCUT2D eigenvalue weighted by molar-refractivity contribution is 0.306. The number of methoxy groups -OCH3 is 1. The highest BCUT2D eigenvalue weighted by Gasteiger charge is 2.11. The second-order valence-corrected chi connectivity index (χ2v) is 5.39. The van der Waals surface area contributed by atoms with Gasteiger partial charge in [0.15, 0.2) is 0 Å². The van der Waals surface area contributed by atoms with Crippen LogP contribution in [0.1, 0.15) is 11.5 Å². The fraction of sp³-hybridized carbons (Fsp3) is 0.143. The zero-order chi connectivity index (χ0) is 15.9. The number of allylic oxidation sites excluding steroid dienone is 5. The lowest BCUT2D eigenvalue weighted by Crippen LogP contribution is -2.09. The van der Waals surface area contributed by atoms with Gasteiger partial charge in [-0.25, -0.2) is 0 Å². The van der Waals surface area contributed by atoms with E-state index in [1.165, 1.54) is 11.1 Å². The van der Waals surface area contributed by atoms with Crippen molar-refractivity contribution in [1.29, 1.82) is 0 Å². The standard InChI is InChI=1S/C21H20O2/c1-22-20-13-11-18(12-14-20)19(15-17-7-5-6-8-17)16-23-21-9-3-2-4-10-21/h2-15,19H,16H2,1H3. The minimum atomic E-state index is 0.184. The summed E-state index contributed by atoms with van der Waals surface area (Å²) >= 11 is 0. The SMILES string of the molecule is COc1ccc(C(C=C2C=CC=C2)COc2ccccc2)cc1. The first-order valence-corrected chi connectivity index (χ1v) is 7.73. The second-order valence-electron chi connectivity index (χ2n) is 5.39. The maximum Gasteiger partial charge on any atom is 0.119 e. The molecule has 2 nitrogen and oxygen atoms in total. The van der Waals surface area contributed by atoms with Crippen molar-refractivity contribution in [3.8, 4) is 11.5 Å². The van der Waals surface area contributed by atoms with Crippen molar-refractivity contribution in [3.05, 3.63) is 96.1 Å². The van der Waals surface area contributed by atoms with Gasteiger partial charge in [0, 0.05) is 5.92 Å². The van der Waals surface area contributed by atoms with Crippen molar-refractivity contribution in [2.75, 3.05) is 13.7 Å². The van der Waals surface area contributed by atoms with Crippen molar-refractivity contribution in [2.45, 2.75) is 5.92 Å². The van der Waals surface area contributed by atoms with Gasteiger partial charge in [0.2, 0.25) is 0 Å². The topological polar surface area (TPSA) is 18.5 Å². The lowest BCUT2D eigenvalue weighted by atomic mass is 9.97. The molecule has 0 saturated heterocycles. The molecule has 0 aliphatic heterocycles. The molecule has 2 aromatic rings. The molecule has 1 aliphatic carbocycles. The van der Waals surface area contributed by atoms with Gasteiger partial charge in [0.1, 0.15) is 11.5 Å². The Hall–Kier alpha value is -2.74. The minimum Gasteiger partial charge on any atom is -0.497 e. The number of hydrogen-bond donors (Lipinski definition) is 0. The molecule has 0 heterocycles. The van der Waals surface area contributed by atoms with Gasteiger partial charge in [-0.15, -0.1) is 0 Å². The number of benzene rings is 2. The molecule has 2 heteroatoms. The Morgan fingerprint density at radius 2 is 1.57 bits per heavy atom. The van der Waals surface area contributed by atoms with E-state index in [9.17, 15) is 0 Å². The summed E-state index contributed by atoms with van der Waals surface area (Å²) in [5.74, 6) is 1.94. The van der Waals surface area contributed by atoms with Crippen molar-refractivity contribution < 1.29 is 9.47 Å². The third kappa shape index (κ3) is 4.13. The Balaban J connectivity index is 1.79. The molecule has 0 radical (unpaired) electrons. The van der Waals surface area contributed by atoms with E-state index in [0.717, 1.165) is 11.5 Å². The fourth-order valence-corrected chi connectivity index (χ4v) is 2.53. The van der Waals surface area contributed by atoms with E-state index in [1.54, 1.807) is 7.11 Å². The highest BCUT2D eigenvalue weighted by Crippen LogP contribution is 2.25. The van der Waals surface area contributed by atoms with Crippen LogP contribution in [0.2, 0.25) is 0 Å². The normalized spacial score (nSPS) is 13.9. The summed E-state index contributed by atoms with van der Waals surface area (Å²) in [6.45, 7) is 0.599. The van der Waals surface area contributed by atoms with Gasteiger partial charge in [0.25, 0.3) is 0 Å². The summed E-state index contributed by atoms with van der Waals surface area (Å²) in [5.41, 5.74) is 2.42. The summed E-state index contributed by atoms with van der Waals surface area (Å²) in [4.78, 5) is 0. The zero-order valence-corrected chi connectivity index (χ0v) is 13.2. The van der Waals surface area contributed by atoms with Crippen molar-refractivity contribution >= 4 is 0 Å². The van der Waals surface area contributed by atoms with E-state index in [-0.39, 0.29) is 5.92 Å². The smallest absolute Gasteiger partial charge is 0.119 e. The van der Waals surface area contributed by atoms with Crippen LogP contribution in [0, 0.1) is 0 Å². The first-order chi connectivity index (χ1) is 11.3. The van der Waals surface area contributed by atoms with Crippen LogP contribution in [-0.2, 0) is 0 Å². The van der Waals surface area contributed by atoms with Crippen LogP contribution >= 0.6 is 0 Å². The van der Waals surface area contributed by atoms with Gasteiger partial charge in [-0.1, -0.05) is 60.7 Å². The summed E-state index contributed by atoms with van der Waals surface area (Å²) in [6.07, 6.45) is 10.6. The number of ether oxygens (including phenoxy) is 2. The van der Waals surface area contributed by atoms with Gasteiger partial charge in [-0.2, -0.15) is 0 Å². The predicted octanol–water partition coefficient (Wildman–Crippen LogP) is 4.91. The van der Waals surface area contributed by atoms with Crippen molar-refractivity contribution in [3.63, 3.8) is 0 Å². The molecule has 0 aromatic heterocycles. The monoisotopic (exact) mass is 304 g/mol. The largest absolute Gasteiger partial charge is 0.497 e. The molecule has 3 rings (SSSR count). The first-order valence-electron chi connectivity index (χ1n) is 7.73. The predicted molar refractivity (Wildman–Crippen MR) is 94.0 cm³/mol. The van der Waals surface area contributed by atoms with Crippen LogP contribution in [0.5, 0.6) is 11.5 Å². The van der Waals surface area contributed by atoms with Crippen LogP contribution in [0.4, 0.5) is 0 Å². The summed E-state index contributed by atoms with van der Waals surface area (Å²) in [5, 5.41) is 0. The van der Waals surface area contributed by atoms with E-state index in [4.69, 9.17) is 9.47 Å². The van der Waals surface area contributed by atoms with Gasteiger partial charge < -0.3 is 9.47 Å². The minimum absolute atomic E-state index is 0.184. The molecular formula is C21H20O2. The average molecular weight is 304 g/mol. The molecule has 0 fully saturated rings. The molecule has 1 unspecified atom stereocenters. The first kappa shape index (κ1) is 15.2. The average Bonchev–Trinajstić information content (AvgIpc) is 3.13. The zero-order valence-electron chi connectivity index (χ0n) is 13.2. The molecule has 2 aromatic carbocycles. The summed E-state index contributed by atoms with van der Waals surface area (Å²) in [6, 6.07) is 18.1. The number of hydrogen-bond acceptors (Lipinski definition) is 2. The molecule has 0 saturated carbocycles. The van der Waals surface area contributed by atoms with Crippen molar-refractivity contribution in [2.24, 2.45) is 0 Å². The van der Waals surface area contributed by atoms with Crippen LogP contribution in [0.3, 0.4) is 0 Å². The van der Waals surface area contributed by atoms with Gasteiger partial charge in [0.05, 0.1) is 13.7 Å². The third-order valence-electron chi connectivity index (χ3n) is 3.80. The van der Waals surface area contributed by atoms with E-state index in [0.29, 0.717) is 6.61 Å². The quantitative estimate of drug-likeness (QED) is 0.755. The Morgan fingerprint density at radius 3 is 2.22 bits per heavy atom. The lowest BCUT2D eigenvalue weighted by Gasteiger charge is -2.16. The summed E-state index contributed by atoms with van der Waals surface area (Å²) < 4.78 is 11.2. The van der Waals surface area contributed by atoms with Gasteiger partial charge >= 0.3 is 0 Å². The second kappa shape index (κ2) is 7.50. The van der Waals surface area contributed by atoms with E-state index >= 15 is 0 Å². The van der Waals surface area contributed by atoms with Crippen LogP contribution in [-0.4, -0.2) is 13.7 Å². The van der Waals surface area contributed by atoms with Crippen LogP contribution in [0.25, 0.3) is 0 Å². The Morgan fingerprint density at radius 1 is 0.870 bits per heavy atom. The molecule has 0 amide bonds. The molecule has 0 N–H and O–H groups in total. The van der Waals surface area contributed by atoms with Crippen LogP contribution < -0.4 is 9.47 Å². The maximum atomic E-state index is 5.97. The van der Waals surface area contributed by atoms with E-state index < -0.39 is 0 Å². The molecule has 0 spiro atoms. The van der Waals surface area contributed by atoms with Gasteiger partial charge in [-0.05, 0) is 35.4 Å². The fourth-order valence-electron chi connectivity index (χ4n) is 2.53. The molecule has 0 bridgehead atoms. The molecule has 116 valence electrons. The summed E-state index contributed by atoms with van der Waals surface area (Å²) in [7, 11) is 1.68. The van der Waals surface area contributed by atoms with E-state index in [2.05, 4.69) is 42.5 Å². The maximum absolute atomic E-state index is 5.97. The van der Waals surface area contributed by atoms with Gasteiger partial charge in [-0.3, -0.25) is 0 Å². The Bertz CT molecular complexity index is 695. The van der Waals surface area contributed by atoms with E-state index in [1.807, 2.05) is 42.5 Å².